The van der Waals surface area contributed by atoms with E-state index in [0.717, 1.165) is 109 Å². The molecule has 20 heteroatoms. The summed E-state index contributed by atoms with van der Waals surface area (Å²) >= 11 is 0. The topological polar surface area (TPSA) is 140 Å². The molecule has 0 heterocycles. The van der Waals surface area contributed by atoms with Crippen LogP contribution in [0, 0.1) is 166 Å². The molecular formula is C115H156F12O8. The molecule has 0 bridgehead atoms. The summed E-state index contributed by atoms with van der Waals surface area (Å²) in [6, 6.07) is 45.0. The van der Waals surface area contributed by atoms with Crippen LogP contribution in [-0.2, 0) is 33.1 Å². The van der Waals surface area contributed by atoms with Gasteiger partial charge in [0.05, 0.1) is 0 Å². The monoisotopic (exact) mass is 1890 g/mol. The number of aryl methyl sites for hydroxylation is 8. The van der Waals surface area contributed by atoms with Gasteiger partial charge in [0.1, 0.15) is 17.2 Å². The predicted molar refractivity (Wildman–Crippen MR) is 541 cm³/mol. The Morgan fingerprint density at radius 2 is 0.444 bits per heavy atom. The lowest BCUT2D eigenvalue weighted by Crippen LogP contribution is -2.54. The third-order valence-electron chi connectivity index (χ3n) is 24.6. The normalized spacial score (nSPS) is 10.9. The van der Waals surface area contributed by atoms with Crippen molar-refractivity contribution in [3.05, 3.63) is 343 Å². The highest BCUT2D eigenvalue weighted by Gasteiger charge is 2.74. The van der Waals surface area contributed by atoms with E-state index in [1.807, 2.05) is 13.8 Å². The lowest BCUT2D eigenvalue weighted by molar-refractivity contribution is -0.290. The average Bonchev–Trinajstić information content (AvgIpc) is 0.717. The fraction of sp³-hybridized carbons (Fsp3) is 0.426. The second-order valence-electron chi connectivity index (χ2n) is 33.3. The van der Waals surface area contributed by atoms with Crippen molar-refractivity contribution >= 4 is 0 Å². The van der Waals surface area contributed by atoms with E-state index in [1.54, 1.807) is 11.1 Å². The number of aromatic hydroxyl groups is 3. The number of phenolic OH excluding ortho intramolecular Hbond substituents is 3. The zero-order chi connectivity index (χ0) is 104. The molecule has 6 N–H and O–H groups in total. The van der Waals surface area contributed by atoms with Crippen LogP contribution in [0.15, 0.2) is 176 Å². The molecule has 8 nitrogen and oxygen atoms in total. The number of rotatable bonds is 15. The minimum atomic E-state index is -5.71. The number of halogens is 12. The van der Waals surface area contributed by atoms with Gasteiger partial charge in [0.2, 0.25) is 10.8 Å². The van der Waals surface area contributed by atoms with Gasteiger partial charge in [-0.2, -0.15) is 52.7 Å². The van der Waals surface area contributed by atoms with Crippen molar-refractivity contribution in [2.24, 2.45) is 0 Å². The van der Waals surface area contributed by atoms with Gasteiger partial charge in [0.15, 0.2) is 0 Å². The van der Waals surface area contributed by atoms with Gasteiger partial charge in [-0.3, -0.25) is 0 Å². The fourth-order valence-electron chi connectivity index (χ4n) is 15.4. The van der Waals surface area contributed by atoms with Gasteiger partial charge in [0, 0.05) is 47.8 Å². The van der Waals surface area contributed by atoms with E-state index in [4.69, 9.17) is 24.8 Å². The van der Waals surface area contributed by atoms with E-state index in [0.29, 0.717) is 30.3 Å². The molecule has 11 rings (SSSR count). The molecule has 0 aliphatic heterocycles. The van der Waals surface area contributed by atoms with Gasteiger partial charge in [-0.25, -0.2) is 0 Å². The van der Waals surface area contributed by atoms with E-state index in [1.165, 1.54) is 180 Å². The lowest BCUT2D eigenvalue weighted by atomic mass is 9.72. The minimum Gasteiger partial charge on any atom is -0.508 e. The Morgan fingerprint density at radius 3 is 0.622 bits per heavy atom. The molecule has 0 atom stereocenters. The van der Waals surface area contributed by atoms with Crippen LogP contribution in [0.2, 0.25) is 0 Å². The average molecular weight is 1890 g/mol. The zero-order valence-corrected chi connectivity index (χ0v) is 85.6. The largest absolute Gasteiger partial charge is 0.508 e. The summed E-state index contributed by atoms with van der Waals surface area (Å²) in [5, 5.41) is 49.4. The summed E-state index contributed by atoms with van der Waals surface area (Å²) in [5.41, 5.74) is 24.5. The Labute approximate surface area is 801 Å². The number of hydrogen-bond donors (Lipinski definition) is 6. The highest BCUT2D eigenvalue weighted by molar-refractivity contribution is 5.66. The number of hydrogen-bond acceptors (Lipinski definition) is 8. The van der Waals surface area contributed by atoms with E-state index in [9.17, 15) is 68.0 Å². The van der Waals surface area contributed by atoms with Gasteiger partial charge in [-0.15, -0.1) is 0 Å². The maximum absolute atomic E-state index is 13.9. The number of ether oxygens (including phenoxy) is 2. The number of benzene rings is 11. The highest BCUT2D eigenvalue weighted by atomic mass is 19.4. The van der Waals surface area contributed by atoms with Crippen LogP contribution in [0.4, 0.5) is 52.7 Å². The number of unbranched alkanes of at least 4 members (excludes halogenated alkanes) is 1. The van der Waals surface area contributed by atoms with Crippen LogP contribution >= 0.6 is 0 Å². The van der Waals surface area contributed by atoms with Crippen molar-refractivity contribution in [3.8, 4) is 39.5 Å². The van der Waals surface area contributed by atoms with Crippen molar-refractivity contribution < 1.29 is 92.8 Å². The minimum absolute atomic E-state index is 0. The van der Waals surface area contributed by atoms with Gasteiger partial charge in [-0.05, 0) is 385 Å². The smallest absolute Gasteiger partial charge is 0.411 e. The summed E-state index contributed by atoms with van der Waals surface area (Å²) in [4.78, 5) is 0. The quantitative estimate of drug-likeness (QED) is 0.0441. The predicted octanol–water partition coefficient (Wildman–Crippen LogP) is 32.3. The summed E-state index contributed by atoms with van der Waals surface area (Å²) in [6.45, 7) is 65.5. The Bertz CT molecular complexity index is 4830. The molecule has 0 unspecified atom stereocenters. The molecule has 0 aliphatic carbocycles. The van der Waals surface area contributed by atoms with E-state index >= 15 is 0 Å². The van der Waals surface area contributed by atoms with Crippen molar-refractivity contribution in [2.75, 3.05) is 47.8 Å². The summed E-state index contributed by atoms with van der Waals surface area (Å²) in [5.74, 6) is -1.20. The Kier molecular flexibility index (Phi) is 56.1. The summed E-state index contributed by atoms with van der Waals surface area (Å²) < 4.78 is 176. The van der Waals surface area contributed by atoms with Crippen LogP contribution in [0.25, 0.3) is 22.3 Å². The molecule has 11 aromatic carbocycles. The molecule has 748 valence electrons. The standard InChI is InChI=1S/C17H14F6O2.C17H14F6O.2C14H14.C14H22.2C12H18.C6H14O.C5H12O.3CH4O.CH4/c1-9-7-11(3-5-13(9)24)15(16(18,19)20,17(21,22)23)12-4-6-14(25)10(2)8-12;1-10-4-3-5-12(8-10)15(16(18,19)20,17(21,22)23)13-6-7-14(24)11(2)9-13;2*1-11-5-3-7-13(9-11)14-8-4-6-12(2)10-14;1-7-13-10(4)9(3)11(5)14(8-2)12(13)6;2*1-7-8(2)10(4)12(6)11(5)9(7)3;1-3-5-6-7-4-2;1-3-5-6-4-2;3*1-2;/h3-8,24-25H,1-2H3;3-9,24H,1-2H3;2*3-10H,1-2H3;7-8H2,1-6H3;2*1-6H3;3-6H2,1-2H3;3-5H2,1-2H3;3*2H,1H3;1H4. The second-order valence-corrected chi connectivity index (χ2v) is 33.3. The molecule has 0 aliphatic rings. The molecule has 0 aromatic heterocycles. The molecule has 0 radical (unpaired) electrons. The summed E-state index contributed by atoms with van der Waals surface area (Å²) in [7, 11) is 3.00. The molecule has 0 saturated carbocycles. The molecule has 0 saturated heterocycles. The van der Waals surface area contributed by atoms with Crippen molar-refractivity contribution in [1.82, 2.24) is 0 Å². The number of aliphatic hydroxyl groups is 3. The maximum Gasteiger partial charge on any atom is 0.411 e. The molecule has 11 aromatic rings. The number of phenols is 3. The zero-order valence-electron chi connectivity index (χ0n) is 85.6. The van der Waals surface area contributed by atoms with Crippen molar-refractivity contribution in [1.29, 1.82) is 0 Å². The van der Waals surface area contributed by atoms with E-state index in [2.05, 4.69) is 263 Å². The fourth-order valence-corrected chi connectivity index (χ4v) is 15.4. The Morgan fingerprint density at radius 1 is 0.237 bits per heavy atom. The maximum atomic E-state index is 13.9. The van der Waals surface area contributed by atoms with Gasteiger partial charge >= 0.3 is 24.7 Å². The third-order valence-corrected chi connectivity index (χ3v) is 24.6. The third kappa shape index (κ3) is 34.8. The second kappa shape index (κ2) is 59.7. The van der Waals surface area contributed by atoms with Crippen LogP contribution in [0.5, 0.6) is 17.2 Å². The van der Waals surface area contributed by atoms with Gasteiger partial charge in [0.25, 0.3) is 0 Å². The van der Waals surface area contributed by atoms with Gasteiger partial charge < -0.3 is 40.1 Å². The Hall–Kier alpha value is -10.2. The van der Waals surface area contributed by atoms with E-state index < -0.39 is 69.3 Å². The SMILES string of the molecule is C.CCCCOCC.CCCOCC.CCc1c(C)c(C)c(C)c(CC)c1C.CO.CO.CO.Cc1c(C)c(C)c(C)c(C)c1C.Cc1c(C)c(C)c(C)c(C)c1C.Cc1cc(C(c2ccc(O)c(C)c2)(C(F)(F)F)C(F)(F)F)ccc1O.Cc1cccc(-c2cccc(C)c2)c1.Cc1cccc(-c2cccc(C)c2)c1.Cc1cccc(C(c2ccc(O)c(C)c2)(C(F)(F)F)C(F)(F)F)c1. The van der Waals surface area contributed by atoms with Crippen LogP contribution in [0.3, 0.4) is 0 Å². The van der Waals surface area contributed by atoms with Crippen molar-refractivity contribution in [3.63, 3.8) is 0 Å². The molecular weight excluding hydrogens is 1740 g/mol. The van der Waals surface area contributed by atoms with Crippen LogP contribution in [0.1, 0.15) is 235 Å². The highest BCUT2D eigenvalue weighted by Crippen LogP contribution is 2.59. The Balaban J connectivity index is 0. The van der Waals surface area contributed by atoms with Crippen LogP contribution < -0.4 is 0 Å². The molecule has 0 amide bonds. The van der Waals surface area contributed by atoms with Crippen molar-refractivity contribution in [2.45, 2.75) is 283 Å². The van der Waals surface area contributed by atoms with Crippen LogP contribution in [-0.4, -0.2) is 103 Å². The first-order valence-electron chi connectivity index (χ1n) is 45.2. The van der Waals surface area contributed by atoms with E-state index in [-0.39, 0.29) is 35.4 Å². The summed E-state index contributed by atoms with van der Waals surface area (Å²) in [6.07, 6.45) is -16.8. The molecule has 0 spiro atoms. The molecule has 0 fully saturated rings. The first kappa shape index (κ1) is 127. The first-order chi connectivity index (χ1) is 62.5. The number of alkyl halides is 12. The first-order valence-corrected chi connectivity index (χ1v) is 45.2. The van der Waals surface area contributed by atoms with Gasteiger partial charge in [-0.1, -0.05) is 227 Å². The number of aliphatic hydroxyl groups excluding tert-OH is 3. The lowest BCUT2D eigenvalue weighted by Gasteiger charge is -2.38. The molecule has 135 heavy (non-hydrogen) atoms.